The number of methoxy groups -OCH3 is 3. The molecule has 134 valence electrons. The quantitative estimate of drug-likeness (QED) is 0.680. The molecule has 1 heterocycles. The molecule has 0 aliphatic heterocycles. The summed E-state index contributed by atoms with van der Waals surface area (Å²) in [5.41, 5.74) is 14.1. The van der Waals surface area contributed by atoms with E-state index in [0.717, 1.165) is 16.5 Å². The van der Waals surface area contributed by atoms with Crippen LogP contribution in [0, 0.1) is 0 Å². The van der Waals surface area contributed by atoms with Crippen LogP contribution in [0.5, 0.6) is 17.2 Å². The van der Waals surface area contributed by atoms with Gasteiger partial charge in [-0.1, -0.05) is 18.2 Å². The largest absolute Gasteiger partial charge is 0.493 e. The first-order chi connectivity index (χ1) is 12.5. The molecule has 0 aliphatic carbocycles. The van der Waals surface area contributed by atoms with Gasteiger partial charge in [0, 0.05) is 5.39 Å². The standard InChI is InChI=1S/C19H20N4O3/c1-24-15-9-12(10-16(25-2)17(15)26-3)5-4-11-6-7-14-13(8-11)18(20)23-19(21)22-14/h4-10H,1-3H3,(H4,20,21,22,23)/b5-4+. The molecule has 3 aromatic rings. The van der Waals surface area contributed by atoms with Gasteiger partial charge in [0.25, 0.3) is 0 Å². The Kier molecular flexibility index (Phi) is 4.79. The predicted octanol–water partition coefficient (Wildman–Crippen LogP) is 2.99. The zero-order chi connectivity index (χ0) is 18.7. The first kappa shape index (κ1) is 17.3. The Bertz CT molecular complexity index is 961. The van der Waals surface area contributed by atoms with Crippen LogP contribution in [0.25, 0.3) is 23.1 Å². The number of hydrogen-bond donors (Lipinski definition) is 2. The van der Waals surface area contributed by atoms with Crippen molar-refractivity contribution in [2.45, 2.75) is 0 Å². The van der Waals surface area contributed by atoms with E-state index in [1.807, 2.05) is 42.5 Å². The zero-order valence-electron chi connectivity index (χ0n) is 14.8. The lowest BCUT2D eigenvalue weighted by Crippen LogP contribution is -2.00. The van der Waals surface area contributed by atoms with Gasteiger partial charge in [-0.3, -0.25) is 0 Å². The Morgan fingerprint density at radius 2 is 1.46 bits per heavy atom. The summed E-state index contributed by atoms with van der Waals surface area (Å²) in [7, 11) is 4.75. The Balaban J connectivity index is 1.98. The van der Waals surface area contributed by atoms with Crippen molar-refractivity contribution in [3.63, 3.8) is 0 Å². The monoisotopic (exact) mass is 352 g/mol. The highest BCUT2D eigenvalue weighted by molar-refractivity contribution is 5.91. The Hall–Kier alpha value is -3.48. The molecular weight excluding hydrogens is 332 g/mol. The van der Waals surface area contributed by atoms with Gasteiger partial charge in [0.2, 0.25) is 11.7 Å². The van der Waals surface area contributed by atoms with E-state index in [4.69, 9.17) is 25.7 Å². The number of anilines is 2. The molecule has 4 N–H and O–H groups in total. The number of nitrogens with zero attached hydrogens (tertiary/aromatic N) is 2. The SMILES string of the molecule is COc1cc(/C=C/c2ccc3nc(N)nc(N)c3c2)cc(OC)c1OC. The highest BCUT2D eigenvalue weighted by Gasteiger charge is 2.12. The number of hydrogen-bond acceptors (Lipinski definition) is 7. The third-order valence-electron chi connectivity index (χ3n) is 3.92. The van der Waals surface area contributed by atoms with Crippen molar-refractivity contribution >= 4 is 34.8 Å². The maximum absolute atomic E-state index is 5.94. The molecule has 26 heavy (non-hydrogen) atoms. The van der Waals surface area contributed by atoms with Crippen molar-refractivity contribution in [3.8, 4) is 17.2 Å². The minimum atomic E-state index is 0.163. The van der Waals surface area contributed by atoms with Gasteiger partial charge in [0.15, 0.2) is 11.5 Å². The zero-order valence-corrected chi connectivity index (χ0v) is 14.8. The van der Waals surface area contributed by atoms with Crippen LogP contribution in [-0.4, -0.2) is 31.3 Å². The highest BCUT2D eigenvalue weighted by Crippen LogP contribution is 2.38. The van der Waals surface area contributed by atoms with Crippen LogP contribution < -0.4 is 25.7 Å². The van der Waals surface area contributed by atoms with Gasteiger partial charge in [-0.25, -0.2) is 4.98 Å². The summed E-state index contributed by atoms with van der Waals surface area (Å²) in [6.07, 6.45) is 3.90. The topological polar surface area (TPSA) is 106 Å². The van der Waals surface area contributed by atoms with Gasteiger partial charge in [-0.15, -0.1) is 0 Å². The molecule has 0 bridgehead atoms. The fraction of sp³-hybridized carbons (Fsp3) is 0.158. The van der Waals surface area contributed by atoms with Crippen molar-refractivity contribution in [2.24, 2.45) is 0 Å². The molecule has 0 saturated carbocycles. The van der Waals surface area contributed by atoms with E-state index >= 15 is 0 Å². The average Bonchev–Trinajstić information content (AvgIpc) is 2.65. The predicted molar refractivity (Wildman–Crippen MR) is 103 cm³/mol. The van der Waals surface area contributed by atoms with E-state index < -0.39 is 0 Å². The van der Waals surface area contributed by atoms with Crippen LogP contribution >= 0.6 is 0 Å². The number of nitrogens with two attached hydrogens (primary N) is 2. The van der Waals surface area contributed by atoms with Crippen LogP contribution in [0.15, 0.2) is 30.3 Å². The highest BCUT2D eigenvalue weighted by atomic mass is 16.5. The van der Waals surface area contributed by atoms with Crippen LogP contribution in [0.4, 0.5) is 11.8 Å². The number of benzene rings is 2. The van der Waals surface area contributed by atoms with E-state index in [-0.39, 0.29) is 5.95 Å². The molecule has 0 radical (unpaired) electrons. The van der Waals surface area contributed by atoms with Crippen LogP contribution in [-0.2, 0) is 0 Å². The fourth-order valence-electron chi connectivity index (χ4n) is 2.68. The lowest BCUT2D eigenvalue weighted by molar-refractivity contribution is 0.324. The van der Waals surface area contributed by atoms with Gasteiger partial charge in [-0.05, 0) is 35.4 Å². The van der Waals surface area contributed by atoms with Crippen molar-refractivity contribution in [1.82, 2.24) is 9.97 Å². The van der Waals surface area contributed by atoms with Crippen molar-refractivity contribution in [1.29, 1.82) is 0 Å². The lowest BCUT2D eigenvalue weighted by atomic mass is 10.1. The van der Waals surface area contributed by atoms with E-state index in [1.165, 1.54) is 0 Å². The normalized spacial score (nSPS) is 11.0. The van der Waals surface area contributed by atoms with Crippen molar-refractivity contribution < 1.29 is 14.2 Å². The third-order valence-corrected chi connectivity index (χ3v) is 3.92. The molecule has 1 aromatic heterocycles. The molecule has 0 aliphatic rings. The summed E-state index contributed by atoms with van der Waals surface area (Å²) >= 11 is 0. The summed E-state index contributed by atoms with van der Waals surface area (Å²) < 4.78 is 16.1. The molecule has 3 rings (SSSR count). The van der Waals surface area contributed by atoms with Crippen molar-refractivity contribution in [2.75, 3.05) is 32.8 Å². The summed E-state index contributed by atoms with van der Waals surface area (Å²) in [6, 6.07) is 9.45. The number of fused-ring (bicyclic) bond motifs is 1. The van der Waals surface area contributed by atoms with E-state index in [9.17, 15) is 0 Å². The van der Waals surface area contributed by atoms with Gasteiger partial charge in [0.05, 0.1) is 26.8 Å². The summed E-state index contributed by atoms with van der Waals surface area (Å²) in [5, 5.41) is 0.756. The molecule has 7 nitrogen and oxygen atoms in total. The molecule has 2 aromatic carbocycles. The molecule has 0 fully saturated rings. The lowest BCUT2D eigenvalue weighted by Gasteiger charge is -2.12. The molecule has 0 atom stereocenters. The Morgan fingerprint density at radius 3 is 2.08 bits per heavy atom. The number of ether oxygens (including phenoxy) is 3. The molecular formula is C19H20N4O3. The summed E-state index contributed by atoms with van der Waals surface area (Å²) in [4.78, 5) is 8.17. The van der Waals surface area contributed by atoms with E-state index in [1.54, 1.807) is 21.3 Å². The molecule has 0 saturated heterocycles. The first-order valence-corrected chi connectivity index (χ1v) is 7.86. The number of nitrogen functional groups attached to an aromatic ring is 2. The molecule has 7 heteroatoms. The Labute approximate surface area is 151 Å². The maximum atomic E-state index is 5.94. The second kappa shape index (κ2) is 7.18. The van der Waals surface area contributed by atoms with Crippen LogP contribution in [0.2, 0.25) is 0 Å². The summed E-state index contributed by atoms with van der Waals surface area (Å²) in [6.45, 7) is 0. The second-order valence-electron chi connectivity index (χ2n) is 5.54. The van der Waals surface area contributed by atoms with Crippen LogP contribution in [0.1, 0.15) is 11.1 Å². The van der Waals surface area contributed by atoms with E-state index in [0.29, 0.717) is 28.6 Å². The molecule has 0 spiro atoms. The second-order valence-corrected chi connectivity index (χ2v) is 5.54. The Morgan fingerprint density at radius 1 is 0.808 bits per heavy atom. The van der Waals surface area contributed by atoms with Gasteiger partial charge < -0.3 is 25.7 Å². The molecule has 0 amide bonds. The van der Waals surface area contributed by atoms with Gasteiger partial charge in [0.1, 0.15) is 5.82 Å². The molecule has 0 unspecified atom stereocenters. The maximum Gasteiger partial charge on any atom is 0.222 e. The minimum Gasteiger partial charge on any atom is -0.493 e. The number of rotatable bonds is 5. The van der Waals surface area contributed by atoms with E-state index in [2.05, 4.69) is 9.97 Å². The average molecular weight is 352 g/mol. The van der Waals surface area contributed by atoms with Crippen LogP contribution in [0.3, 0.4) is 0 Å². The third kappa shape index (κ3) is 3.32. The fourth-order valence-corrected chi connectivity index (χ4v) is 2.68. The summed E-state index contributed by atoms with van der Waals surface area (Å²) in [5.74, 6) is 2.27. The van der Waals surface area contributed by atoms with Gasteiger partial charge >= 0.3 is 0 Å². The number of aromatic nitrogens is 2. The minimum absolute atomic E-state index is 0.163. The smallest absolute Gasteiger partial charge is 0.222 e. The van der Waals surface area contributed by atoms with Gasteiger partial charge in [-0.2, -0.15) is 4.98 Å². The first-order valence-electron chi connectivity index (χ1n) is 7.86. The van der Waals surface area contributed by atoms with Crippen molar-refractivity contribution in [3.05, 3.63) is 41.5 Å².